The van der Waals surface area contributed by atoms with Gasteiger partial charge >= 0.3 is 0 Å². The van der Waals surface area contributed by atoms with Crippen molar-refractivity contribution in [2.24, 2.45) is 5.73 Å². The summed E-state index contributed by atoms with van der Waals surface area (Å²) in [5.74, 6) is 0.775. The molecule has 0 saturated heterocycles. The number of nitrogens with zero attached hydrogens (tertiary/aromatic N) is 1. The lowest BCUT2D eigenvalue weighted by Crippen LogP contribution is -2.10. The number of furan rings is 1. The average molecular weight is 352 g/mol. The van der Waals surface area contributed by atoms with Gasteiger partial charge in [0.05, 0.1) is 27.3 Å². The normalized spacial score (nSPS) is 10.8. The van der Waals surface area contributed by atoms with Gasteiger partial charge in [-0.05, 0) is 24.3 Å². The van der Waals surface area contributed by atoms with Gasteiger partial charge in [0.2, 0.25) is 0 Å². The highest BCUT2D eigenvalue weighted by Crippen LogP contribution is 2.29. The van der Waals surface area contributed by atoms with Crippen molar-refractivity contribution in [2.45, 2.75) is 26.3 Å². The third-order valence-electron chi connectivity index (χ3n) is 3.27. The first-order valence-corrected chi connectivity index (χ1v) is 7.88. The number of carbonyl (C=O) groups excluding carboxylic acids is 1. The van der Waals surface area contributed by atoms with E-state index in [-0.39, 0.29) is 24.9 Å². The number of halogens is 1. The number of rotatable bonds is 4. The summed E-state index contributed by atoms with van der Waals surface area (Å²) in [5, 5.41) is 3.96. The molecule has 0 aliphatic carbocycles. The first kappa shape index (κ1) is 17.5. The molecule has 0 fully saturated rings. The van der Waals surface area contributed by atoms with E-state index in [2.05, 4.69) is 24.1 Å². The van der Waals surface area contributed by atoms with Crippen LogP contribution in [-0.2, 0) is 6.54 Å². The zero-order valence-electron chi connectivity index (χ0n) is 12.8. The maximum atomic E-state index is 12.2. The summed E-state index contributed by atoms with van der Waals surface area (Å²) in [6, 6.07) is 7.38. The highest BCUT2D eigenvalue weighted by atomic mass is 35.5. The van der Waals surface area contributed by atoms with E-state index in [4.69, 9.17) is 10.2 Å². The molecule has 23 heavy (non-hydrogen) atoms. The Hall–Kier alpha value is -1.89. The molecule has 0 bridgehead atoms. The predicted octanol–water partition coefficient (Wildman–Crippen LogP) is 4.15. The lowest BCUT2D eigenvalue weighted by Gasteiger charge is -2.02. The van der Waals surface area contributed by atoms with E-state index < -0.39 is 0 Å². The second-order valence-electron chi connectivity index (χ2n) is 5.35. The van der Waals surface area contributed by atoms with Gasteiger partial charge in [-0.2, -0.15) is 0 Å². The Bertz CT molecular complexity index is 826. The molecule has 0 radical (unpaired) electrons. The summed E-state index contributed by atoms with van der Waals surface area (Å²) in [7, 11) is 0. The Morgan fingerprint density at radius 2 is 2.17 bits per heavy atom. The van der Waals surface area contributed by atoms with Crippen molar-refractivity contribution < 1.29 is 9.21 Å². The van der Waals surface area contributed by atoms with E-state index in [0.29, 0.717) is 17.2 Å². The van der Waals surface area contributed by atoms with E-state index in [1.165, 1.54) is 6.26 Å². The standard InChI is InChI=1S/C16H17N3O2S.ClH/c1-9(2)16-19-13-4-3-11(6-14(13)22-16)18-15(20)10-5-12(7-17)21-8-10;/h3-6,8-9H,7,17H2,1-2H3,(H,18,20);1H. The molecule has 1 amide bonds. The highest BCUT2D eigenvalue weighted by molar-refractivity contribution is 7.18. The van der Waals surface area contributed by atoms with Gasteiger partial charge in [-0.3, -0.25) is 4.79 Å². The van der Waals surface area contributed by atoms with Crippen molar-refractivity contribution in [2.75, 3.05) is 5.32 Å². The van der Waals surface area contributed by atoms with E-state index >= 15 is 0 Å². The van der Waals surface area contributed by atoms with Crippen LogP contribution in [0.15, 0.2) is 34.9 Å². The summed E-state index contributed by atoms with van der Waals surface area (Å²) < 4.78 is 6.24. The van der Waals surface area contributed by atoms with Crippen LogP contribution in [0.4, 0.5) is 5.69 Å². The van der Waals surface area contributed by atoms with Crippen molar-refractivity contribution in [3.63, 3.8) is 0 Å². The minimum absolute atomic E-state index is 0. The van der Waals surface area contributed by atoms with Crippen LogP contribution in [-0.4, -0.2) is 10.9 Å². The fourth-order valence-electron chi connectivity index (χ4n) is 2.08. The van der Waals surface area contributed by atoms with Crippen LogP contribution in [0.3, 0.4) is 0 Å². The summed E-state index contributed by atoms with van der Waals surface area (Å²) in [6.45, 7) is 4.51. The minimum atomic E-state index is -0.212. The molecule has 1 aromatic carbocycles. The molecule has 3 aromatic rings. The molecule has 0 unspecified atom stereocenters. The van der Waals surface area contributed by atoms with Gasteiger partial charge in [-0.1, -0.05) is 13.8 Å². The summed E-state index contributed by atoms with van der Waals surface area (Å²) in [4.78, 5) is 16.8. The van der Waals surface area contributed by atoms with Crippen molar-refractivity contribution >= 4 is 45.6 Å². The van der Waals surface area contributed by atoms with E-state index in [1.54, 1.807) is 17.4 Å². The molecule has 7 heteroatoms. The largest absolute Gasteiger partial charge is 0.467 e. The smallest absolute Gasteiger partial charge is 0.258 e. The number of fused-ring (bicyclic) bond motifs is 1. The molecule has 0 aliphatic rings. The minimum Gasteiger partial charge on any atom is -0.467 e. The molecule has 122 valence electrons. The number of hydrogen-bond donors (Lipinski definition) is 2. The van der Waals surface area contributed by atoms with Gasteiger partial charge in [0, 0.05) is 11.6 Å². The Labute approximate surface area is 144 Å². The maximum Gasteiger partial charge on any atom is 0.258 e. The quantitative estimate of drug-likeness (QED) is 0.740. The lowest BCUT2D eigenvalue weighted by molar-refractivity contribution is 0.102. The van der Waals surface area contributed by atoms with Crippen LogP contribution in [0.25, 0.3) is 10.2 Å². The summed E-state index contributed by atoms with van der Waals surface area (Å²) >= 11 is 1.65. The average Bonchev–Trinajstić information content (AvgIpc) is 3.13. The van der Waals surface area contributed by atoms with Crippen LogP contribution >= 0.6 is 23.7 Å². The van der Waals surface area contributed by atoms with Crippen LogP contribution in [0.1, 0.15) is 40.9 Å². The summed E-state index contributed by atoms with van der Waals surface area (Å²) in [5.41, 5.74) is 7.64. The van der Waals surface area contributed by atoms with E-state index in [0.717, 1.165) is 20.9 Å². The third kappa shape index (κ3) is 3.72. The monoisotopic (exact) mass is 351 g/mol. The zero-order chi connectivity index (χ0) is 15.7. The number of aromatic nitrogens is 1. The van der Waals surface area contributed by atoms with Gasteiger partial charge in [0.1, 0.15) is 12.0 Å². The molecule has 5 nitrogen and oxygen atoms in total. The van der Waals surface area contributed by atoms with E-state index in [9.17, 15) is 4.79 Å². The van der Waals surface area contributed by atoms with Gasteiger partial charge < -0.3 is 15.5 Å². The Kier molecular flexibility index (Phi) is 5.41. The van der Waals surface area contributed by atoms with Crippen molar-refractivity contribution in [3.05, 3.63) is 46.9 Å². The van der Waals surface area contributed by atoms with Crippen LogP contribution in [0, 0.1) is 0 Å². The number of thiazole rings is 1. The third-order valence-corrected chi connectivity index (χ3v) is 4.59. The maximum absolute atomic E-state index is 12.2. The molecule has 0 saturated carbocycles. The Morgan fingerprint density at radius 1 is 1.39 bits per heavy atom. The molecule has 2 aromatic heterocycles. The van der Waals surface area contributed by atoms with Gasteiger partial charge in [-0.15, -0.1) is 23.7 Å². The van der Waals surface area contributed by atoms with Crippen molar-refractivity contribution in [1.29, 1.82) is 0 Å². The molecule has 3 rings (SSSR count). The number of anilines is 1. The molecular formula is C16H18ClN3O2S. The van der Waals surface area contributed by atoms with Gasteiger partial charge in [0.25, 0.3) is 5.91 Å². The Morgan fingerprint density at radius 3 is 2.83 bits per heavy atom. The van der Waals surface area contributed by atoms with Crippen LogP contribution < -0.4 is 11.1 Å². The van der Waals surface area contributed by atoms with Crippen LogP contribution in [0.5, 0.6) is 0 Å². The zero-order valence-corrected chi connectivity index (χ0v) is 14.5. The van der Waals surface area contributed by atoms with Crippen molar-refractivity contribution in [1.82, 2.24) is 4.98 Å². The summed E-state index contributed by atoms with van der Waals surface area (Å²) in [6.07, 6.45) is 1.42. The SMILES string of the molecule is CC(C)c1nc2ccc(NC(=O)c3coc(CN)c3)cc2s1.Cl. The second kappa shape index (κ2) is 7.12. The predicted molar refractivity (Wildman–Crippen MR) is 95.5 cm³/mol. The van der Waals surface area contributed by atoms with Gasteiger partial charge in [0.15, 0.2) is 0 Å². The molecule has 3 N–H and O–H groups in total. The number of benzene rings is 1. The van der Waals surface area contributed by atoms with Crippen molar-refractivity contribution in [3.8, 4) is 0 Å². The number of nitrogens with two attached hydrogens (primary N) is 1. The molecule has 0 aliphatic heterocycles. The highest BCUT2D eigenvalue weighted by Gasteiger charge is 2.12. The van der Waals surface area contributed by atoms with E-state index in [1.807, 2.05) is 18.2 Å². The second-order valence-corrected chi connectivity index (χ2v) is 6.41. The van der Waals surface area contributed by atoms with Crippen LogP contribution in [0.2, 0.25) is 0 Å². The lowest BCUT2D eigenvalue weighted by atomic mass is 10.2. The molecule has 0 spiro atoms. The number of amides is 1. The fraction of sp³-hybridized carbons (Fsp3) is 0.250. The first-order valence-electron chi connectivity index (χ1n) is 7.06. The molecular weight excluding hydrogens is 334 g/mol. The number of carbonyl (C=O) groups is 1. The molecule has 0 atom stereocenters. The fourth-order valence-corrected chi connectivity index (χ4v) is 3.09. The Balaban J connectivity index is 0.00000192. The van der Waals surface area contributed by atoms with Gasteiger partial charge in [-0.25, -0.2) is 4.98 Å². The number of hydrogen-bond acceptors (Lipinski definition) is 5. The topological polar surface area (TPSA) is 81.2 Å². The first-order chi connectivity index (χ1) is 10.6. The molecule has 2 heterocycles. The number of nitrogens with one attached hydrogen (secondary N) is 1.